The lowest BCUT2D eigenvalue weighted by atomic mass is 9.97. The predicted molar refractivity (Wildman–Crippen MR) is 66.6 cm³/mol. The molecular formula is C13H13NO6. The van der Waals surface area contributed by atoms with Gasteiger partial charge in [-0.15, -0.1) is 0 Å². The third-order valence-corrected chi connectivity index (χ3v) is 2.78. The van der Waals surface area contributed by atoms with Gasteiger partial charge in [-0.25, -0.2) is 0 Å². The van der Waals surface area contributed by atoms with Gasteiger partial charge in [0.25, 0.3) is 0 Å². The summed E-state index contributed by atoms with van der Waals surface area (Å²) in [6, 6.07) is 0. The lowest BCUT2D eigenvalue weighted by Crippen LogP contribution is -2.18. The van der Waals surface area contributed by atoms with Gasteiger partial charge < -0.3 is 19.2 Å². The number of esters is 1. The highest BCUT2D eigenvalue weighted by Gasteiger charge is 2.34. The van der Waals surface area contributed by atoms with E-state index in [-0.39, 0.29) is 29.5 Å². The number of H-pyrrole nitrogens is 1. The molecule has 7 nitrogen and oxygen atoms in total. The van der Waals surface area contributed by atoms with Crippen LogP contribution in [-0.2, 0) is 20.9 Å². The molecule has 0 saturated carbocycles. The fourth-order valence-electron chi connectivity index (χ4n) is 2.00. The zero-order valence-electron chi connectivity index (χ0n) is 11.2. The highest BCUT2D eigenvalue weighted by atomic mass is 16.5. The quantitative estimate of drug-likeness (QED) is 0.826. The number of hydrogen-bond acceptors (Lipinski definition) is 6. The minimum atomic E-state index is -0.569. The molecular weight excluding hydrogens is 266 g/mol. The van der Waals surface area contributed by atoms with Gasteiger partial charge >= 0.3 is 5.97 Å². The highest BCUT2D eigenvalue weighted by Crippen LogP contribution is 2.32. The van der Waals surface area contributed by atoms with Crippen molar-refractivity contribution in [1.29, 1.82) is 0 Å². The topological polar surface area (TPSA) is 94.7 Å². The number of ether oxygens (including phenoxy) is 3. The summed E-state index contributed by atoms with van der Waals surface area (Å²) < 4.78 is 14.8. The average molecular weight is 279 g/mol. The van der Waals surface area contributed by atoms with Crippen molar-refractivity contribution in [3.63, 3.8) is 0 Å². The standard InChI is InChI=1S/C13H13NO6/c1-6(15)20-13-7(5-18-2)10-11(14-13)8(16)4-9(19-3)12(10)17/h4,14H,5H2,1-3H3. The third-order valence-electron chi connectivity index (χ3n) is 2.78. The second kappa shape index (κ2) is 5.30. The van der Waals surface area contributed by atoms with Crippen LogP contribution in [0.5, 0.6) is 5.88 Å². The summed E-state index contributed by atoms with van der Waals surface area (Å²) in [6.07, 6.45) is 1.09. The van der Waals surface area contributed by atoms with E-state index in [9.17, 15) is 14.4 Å². The van der Waals surface area contributed by atoms with Crippen molar-refractivity contribution in [3.05, 3.63) is 28.7 Å². The van der Waals surface area contributed by atoms with Crippen LogP contribution in [0.15, 0.2) is 11.8 Å². The summed E-state index contributed by atoms with van der Waals surface area (Å²) in [5, 5.41) is 0. The molecule has 0 fully saturated rings. The summed E-state index contributed by atoms with van der Waals surface area (Å²) in [7, 11) is 2.73. The first-order valence-electron chi connectivity index (χ1n) is 5.76. The number of aromatic amines is 1. The molecule has 0 unspecified atom stereocenters. The third kappa shape index (κ3) is 2.23. The second-order valence-corrected chi connectivity index (χ2v) is 4.12. The van der Waals surface area contributed by atoms with Crippen LogP contribution in [0, 0.1) is 0 Å². The van der Waals surface area contributed by atoms with Gasteiger partial charge in [-0.3, -0.25) is 14.4 Å². The van der Waals surface area contributed by atoms with E-state index < -0.39 is 17.5 Å². The molecule has 1 heterocycles. The largest absolute Gasteiger partial charge is 0.492 e. The molecule has 0 radical (unpaired) electrons. The Morgan fingerprint density at radius 2 is 2.00 bits per heavy atom. The fourth-order valence-corrected chi connectivity index (χ4v) is 2.00. The maximum absolute atomic E-state index is 12.2. The molecule has 106 valence electrons. The van der Waals surface area contributed by atoms with Crippen molar-refractivity contribution in [2.75, 3.05) is 14.2 Å². The molecule has 1 aliphatic carbocycles. The number of nitrogens with one attached hydrogen (secondary N) is 1. The molecule has 1 aliphatic rings. The van der Waals surface area contributed by atoms with Gasteiger partial charge in [-0.2, -0.15) is 0 Å². The van der Waals surface area contributed by atoms with Crippen molar-refractivity contribution in [2.24, 2.45) is 0 Å². The number of carbonyl (C=O) groups excluding carboxylic acids is 3. The zero-order valence-corrected chi connectivity index (χ0v) is 11.2. The van der Waals surface area contributed by atoms with Gasteiger partial charge in [0.05, 0.1) is 24.8 Å². The molecule has 0 aliphatic heterocycles. The number of aromatic nitrogens is 1. The van der Waals surface area contributed by atoms with Crippen molar-refractivity contribution < 1.29 is 28.6 Å². The maximum Gasteiger partial charge on any atom is 0.309 e. The second-order valence-electron chi connectivity index (χ2n) is 4.12. The predicted octanol–water partition coefficient (Wildman–Crippen LogP) is 0.996. The van der Waals surface area contributed by atoms with Crippen LogP contribution in [-0.4, -0.2) is 36.7 Å². The molecule has 0 amide bonds. The maximum atomic E-state index is 12.2. The number of hydrogen-bond donors (Lipinski definition) is 1. The Hall–Kier alpha value is -2.41. The van der Waals surface area contributed by atoms with Crippen LogP contribution >= 0.6 is 0 Å². The molecule has 0 saturated heterocycles. The highest BCUT2D eigenvalue weighted by molar-refractivity contribution is 6.24. The smallest absolute Gasteiger partial charge is 0.309 e. The van der Waals surface area contributed by atoms with E-state index in [1.165, 1.54) is 21.1 Å². The summed E-state index contributed by atoms with van der Waals surface area (Å²) in [6.45, 7) is 1.24. The van der Waals surface area contributed by atoms with Crippen molar-refractivity contribution >= 4 is 17.5 Å². The molecule has 20 heavy (non-hydrogen) atoms. The molecule has 0 bridgehead atoms. The van der Waals surface area contributed by atoms with E-state index in [1.807, 2.05) is 0 Å². The number of allylic oxidation sites excluding steroid dienone is 2. The summed E-state index contributed by atoms with van der Waals surface area (Å²) >= 11 is 0. The van der Waals surface area contributed by atoms with Crippen LogP contribution in [0.1, 0.15) is 33.3 Å². The minimum absolute atomic E-state index is 0.0183. The van der Waals surface area contributed by atoms with Crippen molar-refractivity contribution in [3.8, 4) is 5.88 Å². The SMILES string of the molecule is COCc1c(OC(C)=O)[nH]c2c1C(=O)C(OC)=CC2=O. The van der Waals surface area contributed by atoms with E-state index in [0.29, 0.717) is 5.56 Å². The molecule has 0 aromatic carbocycles. The molecule has 1 aromatic rings. The van der Waals surface area contributed by atoms with Crippen LogP contribution in [0.3, 0.4) is 0 Å². The van der Waals surface area contributed by atoms with Gasteiger partial charge in [0.15, 0.2) is 5.76 Å². The van der Waals surface area contributed by atoms with E-state index in [0.717, 1.165) is 6.08 Å². The Bertz CT molecular complexity index is 625. The molecule has 0 spiro atoms. The van der Waals surface area contributed by atoms with Crippen LogP contribution in [0.2, 0.25) is 0 Å². The van der Waals surface area contributed by atoms with Crippen LogP contribution in [0.4, 0.5) is 0 Å². The summed E-state index contributed by atoms with van der Waals surface area (Å²) in [5.74, 6) is -1.47. The van der Waals surface area contributed by atoms with Crippen LogP contribution in [0.25, 0.3) is 0 Å². The van der Waals surface area contributed by atoms with Crippen LogP contribution < -0.4 is 4.74 Å². The fraction of sp³-hybridized carbons (Fsp3) is 0.308. The Balaban J connectivity index is 2.59. The first kappa shape index (κ1) is 14.0. The molecule has 1 N–H and O–H groups in total. The zero-order chi connectivity index (χ0) is 14.9. The first-order valence-corrected chi connectivity index (χ1v) is 5.76. The Kier molecular flexibility index (Phi) is 3.71. The number of ketones is 2. The Morgan fingerprint density at radius 1 is 1.30 bits per heavy atom. The monoisotopic (exact) mass is 279 g/mol. The van der Waals surface area contributed by atoms with E-state index >= 15 is 0 Å². The van der Waals surface area contributed by atoms with Crippen molar-refractivity contribution in [2.45, 2.75) is 13.5 Å². The minimum Gasteiger partial charge on any atom is -0.492 e. The van der Waals surface area contributed by atoms with Gasteiger partial charge in [-0.05, 0) is 0 Å². The molecule has 2 rings (SSSR count). The molecule has 0 atom stereocenters. The van der Waals surface area contributed by atoms with Gasteiger partial charge in [0, 0.05) is 20.1 Å². The Morgan fingerprint density at radius 3 is 2.55 bits per heavy atom. The summed E-state index contributed by atoms with van der Waals surface area (Å²) in [4.78, 5) is 37.9. The average Bonchev–Trinajstić information content (AvgIpc) is 2.73. The number of rotatable bonds is 4. The normalized spacial score (nSPS) is 13.8. The lowest BCUT2D eigenvalue weighted by molar-refractivity contribution is -0.132. The van der Waals surface area contributed by atoms with Gasteiger partial charge in [0.1, 0.15) is 5.69 Å². The van der Waals surface area contributed by atoms with E-state index in [4.69, 9.17) is 14.2 Å². The number of Topliss-reactive ketones (excluding diaryl/α,β-unsaturated/α-hetero) is 1. The molecule has 1 aromatic heterocycles. The van der Waals surface area contributed by atoms with Crippen molar-refractivity contribution in [1.82, 2.24) is 4.98 Å². The Labute approximate surface area is 114 Å². The number of methoxy groups -OCH3 is 2. The van der Waals surface area contributed by atoms with Gasteiger partial charge in [-0.1, -0.05) is 0 Å². The molecule has 7 heteroatoms. The number of fused-ring (bicyclic) bond motifs is 1. The first-order chi connectivity index (χ1) is 9.49. The van der Waals surface area contributed by atoms with E-state index in [2.05, 4.69) is 4.98 Å². The van der Waals surface area contributed by atoms with E-state index in [1.54, 1.807) is 0 Å². The summed E-state index contributed by atoms with van der Waals surface area (Å²) in [5.41, 5.74) is 0.505. The van der Waals surface area contributed by atoms with Gasteiger partial charge in [0.2, 0.25) is 17.4 Å². The number of carbonyl (C=O) groups is 3. The lowest BCUT2D eigenvalue weighted by Gasteiger charge is -2.11.